The van der Waals surface area contributed by atoms with Crippen molar-refractivity contribution in [2.45, 2.75) is 0 Å². The quantitative estimate of drug-likeness (QED) is 0.0282. The summed E-state index contributed by atoms with van der Waals surface area (Å²) in [5.41, 5.74) is 2.47. The Bertz CT molecular complexity index is 1020. The first kappa shape index (κ1) is 49.0. The van der Waals surface area contributed by atoms with Crippen LogP contribution in [0.5, 0.6) is 0 Å². The van der Waals surface area contributed by atoms with Gasteiger partial charge in [0.2, 0.25) is 0 Å². The van der Waals surface area contributed by atoms with Crippen LogP contribution in [0.3, 0.4) is 0 Å². The van der Waals surface area contributed by atoms with Crippen LogP contribution in [0.4, 0.5) is 8.96 Å². The standard InChI is InChI=1S/C20H46F2N2O21P4/c21-23-13-19(15-25)16-44-48(31,32)41-11-7-37-3-1-35-5-9-39-47(29,30)40-10-6-36-2-4-38-8-12-42-49(33,34)45-18-20(14-24-22)17-43-46(26,27)28/h19-20,23-25H,1-18H2,(H,29,30)(H,31,32)(H,33,34)(H2,26,27,28)/p-4. The molecule has 0 aliphatic rings. The Morgan fingerprint density at radius 2 is 0.776 bits per heavy atom. The van der Waals surface area contributed by atoms with Crippen molar-refractivity contribution >= 4 is 31.3 Å². The lowest BCUT2D eigenvalue weighted by Gasteiger charge is -2.26. The minimum absolute atomic E-state index is 0.0110. The van der Waals surface area contributed by atoms with Gasteiger partial charge in [0.15, 0.2) is 0 Å². The normalized spacial score (nSPS) is 18.3. The zero-order valence-corrected chi connectivity index (χ0v) is 29.7. The number of rotatable bonds is 36. The second kappa shape index (κ2) is 28.5. The second-order valence-corrected chi connectivity index (χ2v) is 14.5. The minimum atomic E-state index is -5.10. The fourth-order valence-electron chi connectivity index (χ4n) is 2.74. The summed E-state index contributed by atoms with van der Waals surface area (Å²) in [5.74, 6) is -1.90. The van der Waals surface area contributed by atoms with Crippen LogP contribution in [-0.4, -0.2) is 129 Å². The van der Waals surface area contributed by atoms with Crippen molar-refractivity contribution in [3.63, 3.8) is 0 Å². The molecule has 296 valence electrons. The number of phosphoric ester groups is 4. The van der Waals surface area contributed by atoms with E-state index >= 15 is 0 Å². The molecular weight excluding hydrogens is 766 g/mol. The molecule has 0 rings (SSSR count). The molecule has 0 aromatic heterocycles. The van der Waals surface area contributed by atoms with Gasteiger partial charge in [-0.15, -0.1) is 8.96 Å². The van der Waals surface area contributed by atoms with Gasteiger partial charge in [-0.05, 0) is 0 Å². The van der Waals surface area contributed by atoms with Gasteiger partial charge in [-0.1, -0.05) is 0 Å². The Labute approximate surface area is 280 Å². The maximum absolute atomic E-state index is 12.3. The molecule has 0 radical (unpaired) electrons. The summed E-state index contributed by atoms with van der Waals surface area (Å²) < 4.78 is 122. The fraction of sp³-hybridized carbons (Fsp3) is 1.00. The topological polar surface area (TPSA) is 327 Å². The lowest BCUT2D eigenvalue weighted by atomic mass is 10.2. The third kappa shape index (κ3) is 32.4. The van der Waals surface area contributed by atoms with Gasteiger partial charge in [0.25, 0.3) is 31.3 Å². The van der Waals surface area contributed by atoms with Crippen LogP contribution in [0.15, 0.2) is 0 Å². The Balaban J connectivity index is 3.76. The SMILES string of the molecule is O=P([O-])(O)OCC(CNF)COP(=O)([O-])OCCOCCOCCOP(=O)([O-])OCCOCCOCCOP(=O)([O-])OCC(CO)CNF. The molecule has 49 heavy (non-hydrogen) atoms. The van der Waals surface area contributed by atoms with E-state index in [9.17, 15) is 46.8 Å². The summed E-state index contributed by atoms with van der Waals surface area (Å²) in [4.78, 5) is 54.2. The predicted molar refractivity (Wildman–Crippen MR) is 150 cm³/mol. The molecule has 4 N–H and O–H groups in total. The van der Waals surface area contributed by atoms with Gasteiger partial charge in [0.1, 0.15) is 0 Å². The number of phosphoric acid groups is 4. The molecule has 0 saturated heterocycles. The van der Waals surface area contributed by atoms with Crippen LogP contribution in [0, 0.1) is 11.8 Å². The van der Waals surface area contributed by atoms with E-state index in [1.54, 1.807) is 0 Å². The lowest BCUT2D eigenvalue weighted by Crippen LogP contribution is -2.27. The number of hydrogen-bond donors (Lipinski definition) is 4. The van der Waals surface area contributed by atoms with Gasteiger partial charge >= 0.3 is 0 Å². The first-order valence-electron chi connectivity index (χ1n) is 14.1. The van der Waals surface area contributed by atoms with E-state index in [0.29, 0.717) is 0 Å². The highest BCUT2D eigenvalue weighted by atomic mass is 31.2. The van der Waals surface area contributed by atoms with Crippen molar-refractivity contribution in [2.75, 3.05) is 119 Å². The van der Waals surface area contributed by atoms with Gasteiger partial charge in [-0.2, -0.15) is 11.1 Å². The summed E-state index contributed by atoms with van der Waals surface area (Å²) in [6.07, 6.45) is 0. The summed E-state index contributed by atoms with van der Waals surface area (Å²) in [6, 6.07) is 0. The molecule has 0 aliphatic carbocycles. The van der Waals surface area contributed by atoms with E-state index in [4.69, 9.17) is 28.9 Å². The molecule has 0 fully saturated rings. The molecule has 0 saturated carbocycles. The van der Waals surface area contributed by atoms with Gasteiger partial charge < -0.3 is 80.2 Å². The highest BCUT2D eigenvalue weighted by molar-refractivity contribution is 7.46. The Kier molecular flexibility index (Phi) is 28.5. The largest absolute Gasteiger partial charge is 0.756 e. The molecule has 23 nitrogen and oxygen atoms in total. The molecule has 6 unspecified atom stereocenters. The zero-order valence-electron chi connectivity index (χ0n) is 26.1. The van der Waals surface area contributed by atoms with Crippen molar-refractivity contribution in [1.29, 1.82) is 0 Å². The monoisotopic (exact) mass is 808 g/mol. The molecule has 0 bridgehead atoms. The fourth-order valence-corrected chi connectivity index (χ4v) is 5.34. The highest BCUT2D eigenvalue weighted by Gasteiger charge is 2.18. The van der Waals surface area contributed by atoms with E-state index in [1.807, 2.05) is 0 Å². The molecule has 0 heterocycles. The highest BCUT2D eigenvalue weighted by Crippen LogP contribution is 2.40. The maximum atomic E-state index is 12.3. The van der Waals surface area contributed by atoms with Crippen LogP contribution in [0.2, 0.25) is 0 Å². The minimum Gasteiger partial charge on any atom is -0.756 e. The zero-order chi connectivity index (χ0) is 37.1. The van der Waals surface area contributed by atoms with Crippen LogP contribution in [0.25, 0.3) is 0 Å². The Morgan fingerprint density at radius 3 is 1.10 bits per heavy atom. The molecule has 0 aliphatic heterocycles. The predicted octanol–water partition coefficient (Wildman–Crippen LogP) is -2.79. The van der Waals surface area contributed by atoms with Crippen molar-refractivity contribution in [3.05, 3.63) is 0 Å². The molecule has 29 heteroatoms. The van der Waals surface area contributed by atoms with E-state index in [-0.39, 0.29) is 79.2 Å². The van der Waals surface area contributed by atoms with Crippen molar-refractivity contribution < 1.29 is 107 Å². The number of aliphatic hydroxyl groups is 1. The number of nitrogens with one attached hydrogen (secondary N) is 2. The van der Waals surface area contributed by atoms with Gasteiger partial charge in [-0.3, -0.25) is 18.3 Å². The van der Waals surface area contributed by atoms with Gasteiger partial charge in [0.05, 0.1) is 99.1 Å². The molecule has 0 spiro atoms. The van der Waals surface area contributed by atoms with E-state index < -0.39 is 82.7 Å². The number of hydrogen-bond acceptors (Lipinski definition) is 22. The first-order valence-corrected chi connectivity index (χ1v) is 20.0. The molecule has 0 aromatic carbocycles. The average Bonchev–Trinajstić information content (AvgIpc) is 3.02. The van der Waals surface area contributed by atoms with Crippen molar-refractivity contribution in [1.82, 2.24) is 11.1 Å². The van der Waals surface area contributed by atoms with Crippen LogP contribution >= 0.6 is 31.3 Å². The van der Waals surface area contributed by atoms with Crippen LogP contribution < -0.4 is 30.7 Å². The van der Waals surface area contributed by atoms with Gasteiger partial charge in [0, 0.05) is 31.5 Å². The lowest BCUT2D eigenvalue weighted by molar-refractivity contribution is -0.229. The third-order valence-corrected chi connectivity index (χ3v) is 8.45. The van der Waals surface area contributed by atoms with E-state index in [0.717, 1.165) is 0 Å². The van der Waals surface area contributed by atoms with Crippen molar-refractivity contribution in [3.8, 4) is 0 Å². The van der Waals surface area contributed by atoms with E-state index in [1.165, 1.54) is 11.1 Å². The number of halogens is 2. The molecule has 6 atom stereocenters. The third-order valence-electron chi connectivity index (χ3n) is 5.05. The molecular formula is C20H42F2N2O21P4-4. The average molecular weight is 808 g/mol. The number of aliphatic hydroxyl groups excluding tert-OH is 1. The summed E-state index contributed by atoms with van der Waals surface area (Å²) >= 11 is 0. The molecule has 0 amide bonds. The molecule has 0 aromatic rings. The first-order chi connectivity index (χ1) is 23.0. The summed E-state index contributed by atoms with van der Waals surface area (Å²) in [6.45, 7) is -5.64. The van der Waals surface area contributed by atoms with Crippen molar-refractivity contribution in [2.24, 2.45) is 11.8 Å². The van der Waals surface area contributed by atoms with Crippen LogP contribution in [0.1, 0.15) is 0 Å². The Hall–Kier alpha value is 0.0200. The summed E-state index contributed by atoms with van der Waals surface area (Å²) in [5, 5.41) is 8.95. The van der Waals surface area contributed by atoms with E-state index in [2.05, 4.69) is 31.7 Å². The summed E-state index contributed by atoms with van der Waals surface area (Å²) in [7, 11) is -19.3. The smallest absolute Gasteiger partial charge is 0.268 e. The maximum Gasteiger partial charge on any atom is 0.268 e. The second-order valence-electron chi connectivity index (χ2n) is 9.07. The number of ether oxygens (including phenoxy) is 4. The van der Waals surface area contributed by atoms with Gasteiger partial charge in [-0.25, -0.2) is 0 Å². The van der Waals surface area contributed by atoms with Crippen LogP contribution in [-0.2, 0) is 68.9 Å². The Morgan fingerprint density at radius 1 is 0.490 bits per heavy atom.